The monoisotopic (exact) mass is 464 g/mol. The Morgan fingerprint density at radius 3 is 2.69 bits per heavy atom. The van der Waals surface area contributed by atoms with E-state index in [1.807, 2.05) is 44.2 Å². The fraction of sp³-hybridized carbons (Fsp3) is 0.250. The molecule has 164 valence electrons. The number of amides is 1. The zero-order valence-corrected chi connectivity index (χ0v) is 19.6. The Bertz CT molecular complexity index is 1270. The fourth-order valence-corrected chi connectivity index (χ4v) is 4.88. The first kappa shape index (κ1) is 22.2. The highest BCUT2D eigenvalue weighted by Crippen LogP contribution is 2.33. The van der Waals surface area contributed by atoms with Crippen molar-refractivity contribution in [1.29, 1.82) is 0 Å². The normalized spacial score (nSPS) is 15.2. The maximum atomic E-state index is 13.4. The first-order valence-corrected chi connectivity index (χ1v) is 11.8. The molecule has 1 amide bonds. The summed E-state index contributed by atoms with van der Waals surface area (Å²) >= 11 is 6.60. The number of thioether (sulfide) groups is 1. The lowest BCUT2D eigenvalue weighted by molar-refractivity contribution is -0.122. The Kier molecular flexibility index (Phi) is 6.72. The van der Waals surface area contributed by atoms with E-state index in [1.54, 1.807) is 17.2 Å². The number of nitrogens with one attached hydrogen (secondary N) is 1. The minimum atomic E-state index is -0.221. The molecule has 4 rings (SSSR count). The average Bonchev–Trinajstić information content (AvgIpc) is 3.05. The SMILES string of the molecule is CCCN1C(=O)C(=Cc2c(NCCc3ccccc3)nc3c(C)cccn3c2=O)SC1=S. The number of pyridine rings is 1. The van der Waals surface area contributed by atoms with Crippen LogP contribution in [-0.2, 0) is 11.2 Å². The number of hydrogen-bond acceptors (Lipinski definition) is 6. The number of carbonyl (C=O) groups is 1. The van der Waals surface area contributed by atoms with Gasteiger partial charge >= 0.3 is 0 Å². The molecule has 1 aliphatic rings. The van der Waals surface area contributed by atoms with Crippen molar-refractivity contribution in [3.63, 3.8) is 0 Å². The van der Waals surface area contributed by atoms with E-state index in [9.17, 15) is 9.59 Å². The van der Waals surface area contributed by atoms with Gasteiger partial charge in [-0.2, -0.15) is 0 Å². The molecule has 0 aliphatic carbocycles. The van der Waals surface area contributed by atoms with E-state index in [0.717, 1.165) is 18.4 Å². The van der Waals surface area contributed by atoms with E-state index in [0.29, 0.717) is 39.3 Å². The number of carbonyl (C=O) groups excluding carboxylic acids is 1. The summed E-state index contributed by atoms with van der Waals surface area (Å²) < 4.78 is 2.04. The van der Waals surface area contributed by atoms with Crippen LogP contribution in [0.1, 0.15) is 30.0 Å². The molecule has 0 spiro atoms. The zero-order chi connectivity index (χ0) is 22.7. The summed E-state index contributed by atoms with van der Waals surface area (Å²) in [5.41, 5.74) is 2.82. The van der Waals surface area contributed by atoms with Crippen LogP contribution in [0.25, 0.3) is 11.7 Å². The van der Waals surface area contributed by atoms with Gasteiger partial charge in [0.2, 0.25) is 0 Å². The molecule has 6 nitrogen and oxygen atoms in total. The Morgan fingerprint density at radius 2 is 1.94 bits per heavy atom. The molecule has 3 aromatic rings. The highest BCUT2D eigenvalue weighted by Gasteiger charge is 2.32. The van der Waals surface area contributed by atoms with Crippen LogP contribution in [0.4, 0.5) is 5.82 Å². The first-order valence-electron chi connectivity index (χ1n) is 10.5. The van der Waals surface area contributed by atoms with Crippen molar-refractivity contribution >= 4 is 51.7 Å². The van der Waals surface area contributed by atoms with Crippen LogP contribution in [0, 0.1) is 6.92 Å². The van der Waals surface area contributed by atoms with Gasteiger partial charge in [-0.15, -0.1) is 0 Å². The van der Waals surface area contributed by atoms with E-state index < -0.39 is 0 Å². The second kappa shape index (κ2) is 9.67. The van der Waals surface area contributed by atoms with Gasteiger partial charge in [-0.05, 0) is 43.0 Å². The van der Waals surface area contributed by atoms with Crippen molar-refractivity contribution in [3.05, 3.63) is 80.6 Å². The summed E-state index contributed by atoms with van der Waals surface area (Å²) in [7, 11) is 0. The lowest BCUT2D eigenvalue weighted by Crippen LogP contribution is -2.28. The van der Waals surface area contributed by atoms with E-state index in [2.05, 4.69) is 17.4 Å². The molecule has 0 bridgehead atoms. The van der Waals surface area contributed by atoms with E-state index in [4.69, 9.17) is 17.2 Å². The molecule has 1 N–H and O–H groups in total. The number of benzene rings is 1. The smallest absolute Gasteiger partial charge is 0.267 e. The quantitative estimate of drug-likeness (QED) is 0.416. The number of aryl methyl sites for hydroxylation is 1. The number of fused-ring (bicyclic) bond motifs is 1. The van der Waals surface area contributed by atoms with Gasteiger partial charge in [-0.25, -0.2) is 4.98 Å². The molecule has 1 saturated heterocycles. The minimum Gasteiger partial charge on any atom is -0.369 e. The van der Waals surface area contributed by atoms with E-state index in [1.165, 1.54) is 21.7 Å². The highest BCUT2D eigenvalue weighted by atomic mass is 32.2. The largest absolute Gasteiger partial charge is 0.369 e. The second-order valence-electron chi connectivity index (χ2n) is 7.56. The van der Waals surface area contributed by atoms with Gasteiger partial charge in [-0.3, -0.25) is 18.9 Å². The van der Waals surface area contributed by atoms with Crippen LogP contribution < -0.4 is 10.9 Å². The van der Waals surface area contributed by atoms with Crippen LogP contribution in [0.2, 0.25) is 0 Å². The van der Waals surface area contributed by atoms with Gasteiger partial charge in [0.05, 0.1) is 10.5 Å². The predicted octanol–water partition coefficient (Wildman–Crippen LogP) is 4.27. The molecule has 1 fully saturated rings. The number of thiocarbonyl (C=S) groups is 1. The highest BCUT2D eigenvalue weighted by molar-refractivity contribution is 8.26. The molecular formula is C24H24N4O2S2. The zero-order valence-electron chi connectivity index (χ0n) is 18.0. The van der Waals surface area contributed by atoms with Gasteiger partial charge in [0, 0.05) is 19.3 Å². The van der Waals surface area contributed by atoms with Crippen LogP contribution in [0.5, 0.6) is 0 Å². The maximum absolute atomic E-state index is 13.4. The summed E-state index contributed by atoms with van der Waals surface area (Å²) in [6.07, 6.45) is 4.92. The van der Waals surface area contributed by atoms with Crippen LogP contribution in [0.3, 0.4) is 0 Å². The van der Waals surface area contributed by atoms with Crippen molar-refractivity contribution in [3.8, 4) is 0 Å². The fourth-order valence-electron chi connectivity index (χ4n) is 3.59. The number of anilines is 1. The van der Waals surface area contributed by atoms with Gasteiger partial charge < -0.3 is 5.32 Å². The Labute approximate surface area is 196 Å². The molecule has 0 saturated carbocycles. The van der Waals surface area contributed by atoms with Gasteiger partial charge in [0.25, 0.3) is 11.5 Å². The maximum Gasteiger partial charge on any atom is 0.267 e. The summed E-state index contributed by atoms with van der Waals surface area (Å²) in [4.78, 5) is 33.0. The summed E-state index contributed by atoms with van der Waals surface area (Å²) in [5, 5.41) is 3.32. The molecule has 2 aromatic heterocycles. The molecular weight excluding hydrogens is 440 g/mol. The third-order valence-electron chi connectivity index (χ3n) is 5.23. The number of nitrogens with zero attached hydrogens (tertiary/aromatic N) is 3. The average molecular weight is 465 g/mol. The third kappa shape index (κ3) is 4.47. The van der Waals surface area contributed by atoms with Gasteiger partial charge in [0.1, 0.15) is 15.8 Å². The van der Waals surface area contributed by atoms with Crippen LogP contribution >= 0.6 is 24.0 Å². The number of aromatic nitrogens is 2. The lowest BCUT2D eigenvalue weighted by Gasteiger charge is -2.13. The molecule has 0 unspecified atom stereocenters. The van der Waals surface area contributed by atoms with Crippen LogP contribution in [-0.4, -0.2) is 37.6 Å². The molecule has 1 aliphatic heterocycles. The molecule has 1 aromatic carbocycles. The van der Waals surface area contributed by atoms with E-state index in [-0.39, 0.29) is 11.5 Å². The predicted molar refractivity (Wildman–Crippen MR) is 135 cm³/mol. The topological polar surface area (TPSA) is 66.7 Å². The van der Waals surface area contributed by atoms with E-state index >= 15 is 0 Å². The van der Waals surface area contributed by atoms with Crippen molar-refractivity contribution in [2.45, 2.75) is 26.7 Å². The molecule has 32 heavy (non-hydrogen) atoms. The molecule has 3 heterocycles. The van der Waals surface area contributed by atoms with Gasteiger partial charge in [0.15, 0.2) is 0 Å². The second-order valence-corrected chi connectivity index (χ2v) is 9.24. The van der Waals surface area contributed by atoms with Crippen molar-refractivity contribution in [2.75, 3.05) is 18.4 Å². The number of hydrogen-bond donors (Lipinski definition) is 1. The van der Waals surface area contributed by atoms with Crippen LogP contribution in [0.15, 0.2) is 58.4 Å². The summed E-state index contributed by atoms with van der Waals surface area (Å²) in [6, 6.07) is 13.9. The molecule has 0 radical (unpaired) electrons. The van der Waals surface area contributed by atoms with Crippen molar-refractivity contribution in [2.24, 2.45) is 0 Å². The third-order valence-corrected chi connectivity index (χ3v) is 6.61. The summed E-state index contributed by atoms with van der Waals surface area (Å²) in [5.74, 6) is 0.312. The first-order chi connectivity index (χ1) is 15.5. The Morgan fingerprint density at radius 1 is 1.16 bits per heavy atom. The lowest BCUT2D eigenvalue weighted by atomic mass is 10.1. The Balaban J connectivity index is 1.74. The standard InChI is InChI=1S/C24H24N4O2S2/c1-3-13-28-23(30)19(32-24(28)31)15-18-20(25-12-11-17-9-5-4-6-10-17)26-21-16(2)8-7-14-27(21)22(18)29/h4-10,14-15,25H,3,11-13H2,1-2H3. The van der Waals surface area contributed by atoms with Crippen molar-refractivity contribution in [1.82, 2.24) is 14.3 Å². The summed E-state index contributed by atoms with van der Waals surface area (Å²) in [6.45, 7) is 5.10. The van der Waals surface area contributed by atoms with Gasteiger partial charge in [-0.1, -0.05) is 67.3 Å². The molecule has 8 heteroatoms. The minimum absolute atomic E-state index is 0.161. The van der Waals surface area contributed by atoms with Crippen molar-refractivity contribution < 1.29 is 4.79 Å². The number of rotatable bonds is 7. The molecule has 0 atom stereocenters. The Hall–Kier alpha value is -2.97.